The van der Waals surface area contributed by atoms with Crippen molar-refractivity contribution in [1.82, 2.24) is 0 Å². The Balaban J connectivity index is 2.52. The lowest BCUT2D eigenvalue weighted by molar-refractivity contribution is -0.164. The zero-order valence-corrected chi connectivity index (χ0v) is 11.5. The first kappa shape index (κ1) is 14.0. The molecule has 0 aromatic rings. The summed E-state index contributed by atoms with van der Waals surface area (Å²) in [4.78, 5) is 37.1. The molecule has 0 N–H and O–H groups in total. The van der Waals surface area contributed by atoms with E-state index in [1.807, 2.05) is 0 Å². The molecule has 2 fully saturated rings. The summed E-state index contributed by atoms with van der Waals surface area (Å²) in [5, 5.41) is 0. The van der Waals surface area contributed by atoms with Crippen LogP contribution < -0.4 is 0 Å². The number of hydrogen-bond donors (Lipinski definition) is 0. The largest absolute Gasteiger partial charge is 0.465 e. The average molecular weight is 264 g/mol. The van der Waals surface area contributed by atoms with E-state index in [1.54, 1.807) is 13.0 Å². The van der Waals surface area contributed by atoms with Gasteiger partial charge in [0.15, 0.2) is 5.78 Å². The van der Waals surface area contributed by atoms with Gasteiger partial charge in [-0.15, -0.1) is 6.58 Å². The first-order valence-corrected chi connectivity index (χ1v) is 6.81. The van der Waals surface area contributed by atoms with Gasteiger partial charge >= 0.3 is 5.97 Å². The molecule has 3 atom stereocenters. The molecule has 0 heterocycles. The van der Waals surface area contributed by atoms with Crippen molar-refractivity contribution in [3.8, 4) is 0 Å². The minimum absolute atomic E-state index is 0.129. The predicted molar refractivity (Wildman–Crippen MR) is 69.3 cm³/mol. The maximum absolute atomic E-state index is 12.8. The molecular weight excluding hydrogens is 244 g/mol. The number of esters is 1. The molecule has 2 saturated carbocycles. The number of carbonyl (C=O) groups is 3. The lowest BCUT2D eigenvalue weighted by Crippen LogP contribution is -2.49. The molecule has 4 nitrogen and oxygen atoms in total. The molecule has 104 valence electrons. The van der Waals surface area contributed by atoms with Crippen molar-refractivity contribution in [2.75, 3.05) is 6.61 Å². The van der Waals surface area contributed by atoms with E-state index in [2.05, 4.69) is 6.58 Å². The van der Waals surface area contributed by atoms with Gasteiger partial charge in [-0.25, -0.2) is 0 Å². The molecule has 4 heteroatoms. The van der Waals surface area contributed by atoms with Crippen molar-refractivity contribution in [1.29, 1.82) is 0 Å². The molecule has 0 saturated heterocycles. The summed E-state index contributed by atoms with van der Waals surface area (Å²) in [7, 11) is 0. The number of allylic oxidation sites excluding steroid dienone is 1. The second-order valence-corrected chi connectivity index (χ2v) is 5.56. The van der Waals surface area contributed by atoms with Gasteiger partial charge in [0.25, 0.3) is 0 Å². The van der Waals surface area contributed by atoms with E-state index < -0.39 is 16.8 Å². The highest BCUT2D eigenvalue weighted by atomic mass is 16.5. The predicted octanol–water partition coefficient (Wildman–Crippen LogP) is 2.07. The maximum Gasteiger partial charge on any atom is 0.320 e. The van der Waals surface area contributed by atoms with Gasteiger partial charge in [-0.2, -0.15) is 0 Å². The topological polar surface area (TPSA) is 60.4 Å². The van der Waals surface area contributed by atoms with Crippen LogP contribution in [0.5, 0.6) is 0 Å². The van der Waals surface area contributed by atoms with Gasteiger partial charge in [0, 0.05) is 5.92 Å². The Morgan fingerprint density at radius 1 is 1.47 bits per heavy atom. The Morgan fingerprint density at radius 3 is 2.68 bits per heavy atom. The van der Waals surface area contributed by atoms with Crippen LogP contribution in [-0.2, 0) is 19.1 Å². The maximum atomic E-state index is 12.8. The van der Waals surface area contributed by atoms with Crippen LogP contribution in [0.1, 0.15) is 39.5 Å². The third-order valence-corrected chi connectivity index (χ3v) is 4.81. The van der Waals surface area contributed by atoms with Crippen LogP contribution in [0.25, 0.3) is 0 Å². The molecule has 0 aromatic carbocycles. The van der Waals surface area contributed by atoms with Crippen LogP contribution in [0, 0.1) is 16.7 Å². The third kappa shape index (κ3) is 1.62. The standard InChI is InChI=1S/C15H20O4/c1-4-11-9-14(10(3)16)7-6-8-15(11,12(14)17)13(18)19-5-2/h4,11H,1,5-9H2,2-3H3/t11-,14+,15+/m0/s1. The highest BCUT2D eigenvalue weighted by molar-refractivity contribution is 6.18. The highest BCUT2D eigenvalue weighted by Crippen LogP contribution is 2.60. The highest BCUT2D eigenvalue weighted by Gasteiger charge is 2.69. The molecule has 0 aromatic heterocycles. The van der Waals surface area contributed by atoms with Crippen LogP contribution in [0.4, 0.5) is 0 Å². The van der Waals surface area contributed by atoms with Crippen molar-refractivity contribution in [3.05, 3.63) is 12.7 Å². The Morgan fingerprint density at radius 2 is 2.16 bits per heavy atom. The lowest BCUT2D eigenvalue weighted by Gasteiger charge is -2.35. The minimum atomic E-state index is -1.16. The Hall–Kier alpha value is -1.45. The second-order valence-electron chi connectivity index (χ2n) is 5.56. The van der Waals surface area contributed by atoms with E-state index in [-0.39, 0.29) is 24.1 Å². The number of rotatable bonds is 4. The summed E-state index contributed by atoms with van der Waals surface area (Å²) in [6, 6.07) is 0. The molecule has 2 aliphatic carbocycles. The smallest absolute Gasteiger partial charge is 0.320 e. The second kappa shape index (κ2) is 4.58. The van der Waals surface area contributed by atoms with Crippen molar-refractivity contribution in [2.24, 2.45) is 16.7 Å². The van der Waals surface area contributed by atoms with E-state index in [9.17, 15) is 14.4 Å². The molecule has 0 radical (unpaired) electrons. The molecule has 2 rings (SSSR count). The molecule has 2 bridgehead atoms. The third-order valence-electron chi connectivity index (χ3n) is 4.81. The molecule has 0 spiro atoms. The van der Waals surface area contributed by atoms with E-state index in [0.717, 1.165) is 0 Å². The summed E-state index contributed by atoms with van der Waals surface area (Å²) in [6.45, 7) is 7.15. The first-order chi connectivity index (χ1) is 8.95. The summed E-state index contributed by atoms with van der Waals surface area (Å²) in [5.74, 6) is -1.13. The average Bonchev–Trinajstić information content (AvgIpc) is 2.53. The molecule has 0 amide bonds. The van der Waals surface area contributed by atoms with Gasteiger partial charge in [0.05, 0.1) is 12.0 Å². The van der Waals surface area contributed by atoms with Gasteiger partial charge in [0.1, 0.15) is 11.2 Å². The van der Waals surface area contributed by atoms with Gasteiger partial charge in [-0.3, -0.25) is 14.4 Å². The lowest BCUT2D eigenvalue weighted by atomic mass is 9.65. The molecule has 0 aliphatic heterocycles. The molecule has 0 unspecified atom stereocenters. The number of ketones is 2. The quantitative estimate of drug-likeness (QED) is 0.443. The van der Waals surface area contributed by atoms with Crippen molar-refractivity contribution in [2.45, 2.75) is 39.5 Å². The zero-order valence-electron chi connectivity index (χ0n) is 11.5. The van der Waals surface area contributed by atoms with Gasteiger partial charge < -0.3 is 4.74 Å². The fraction of sp³-hybridized carbons (Fsp3) is 0.667. The van der Waals surface area contributed by atoms with E-state index >= 15 is 0 Å². The fourth-order valence-corrected chi connectivity index (χ4v) is 3.79. The summed E-state index contributed by atoms with van der Waals surface area (Å²) >= 11 is 0. The van der Waals surface area contributed by atoms with Gasteiger partial charge in [0.2, 0.25) is 0 Å². The Kier molecular flexibility index (Phi) is 3.37. The van der Waals surface area contributed by atoms with Crippen LogP contribution >= 0.6 is 0 Å². The van der Waals surface area contributed by atoms with Crippen LogP contribution in [0.3, 0.4) is 0 Å². The zero-order chi connectivity index (χ0) is 14.3. The Bertz CT molecular complexity index is 453. The number of Topliss-reactive ketones (excluding diaryl/α,β-unsaturated/α-hetero) is 2. The van der Waals surface area contributed by atoms with Crippen molar-refractivity contribution >= 4 is 17.5 Å². The summed E-state index contributed by atoms with van der Waals surface area (Å²) in [6.07, 6.45) is 3.77. The number of ether oxygens (including phenoxy) is 1. The first-order valence-electron chi connectivity index (χ1n) is 6.81. The Labute approximate surface area is 113 Å². The van der Waals surface area contributed by atoms with Gasteiger partial charge in [-0.05, 0) is 33.1 Å². The molecule has 19 heavy (non-hydrogen) atoms. The molecular formula is C15H20O4. The summed E-state index contributed by atoms with van der Waals surface area (Å²) in [5.41, 5.74) is -2.15. The van der Waals surface area contributed by atoms with Crippen molar-refractivity contribution < 1.29 is 19.1 Å². The van der Waals surface area contributed by atoms with E-state index in [1.165, 1.54) is 6.92 Å². The monoisotopic (exact) mass is 264 g/mol. The SMILES string of the molecule is C=C[C@H]1C[C@@]2(C(C)=O)CCC[C@]1(C(=O)OCC)C2=O. The van der Waals surface area contributed by atoms with E-state index in [0.29, 0.717) is 25.7 Å². The van der Waals surface area contributed by atoms with E-state index in [4.69, 9.17) is 4.74 Å². The van der Waals surface area contributed by atoms with Gasteiger partial charge in [-0.1, -0.05) is 12.5 Å². The van der Waals surface area contributed by atoms with Crippen LogP contribution in [-0.4, -0.2) is 24.1 Å². The number of carbonyl (C=O) groups excluding carboxylic acids is 3. The minimum Gasteiger partial charge on any atom is -0.465 e. The normalized spacial score (nSPS) is 36.9. The molecule has 2 aliphatic rings. The fourth-order valence-electron chi connectivity index (χ4n) is 3.79. The van der Waals surface area contributed by atoms with Crippen molar-refractivity contribution in [3.63, 3.8) is 0 Å². The summed E-state index contributed by atoms with van der Waals surface area (Å²) < 4.78 is 5.11. The number of fused-ring (bicyclic) bond motifs is 2. The number of hydrogen-bond acceptors (Lipinski definition) is 4. The van der Waals surface area contributed by atoms with Crippen LogP contribution in [0.2, 0.25) is 0 Å². The van der Waals surface area contributed by atoms with Crippen LogP contribution in [0.15, 0.2) is 12.7 Å².